The molecule has 1 amide bonds. The normalized spacial score (nSPS) is 14.6. The van der Waals surface area contributed by atoms with Gasteiger partial charge in [-0.25, -0.2) is 0 Å². The first-order valence-corrected chi connectivity index (χ1v) is 8.01. The lowest BCUT2D eigenvalue weighted by Crippen LogP contribution is -2.47. The predicted molar refractivity (Wildman–Crippen MR) is 91.6 cm³/mol. The summed E-state index contributed by atoms with van der Waals surface area (Å²) in [4.78, 5) is 13.9. The summed E-state index contributed by atoms with van der Waals surface area (Å²) in [5.41, 5.74) is 3.57. The van der Waals surface area contributed by atoms with Crippen LogP contribution in [0.15, 0.2) is 48.5 Å². The first-order chi connectivity index (χ1) is 11.2. The molecule has 0 bridgehead atoms. The van der Waals surface area contributed by atoms with E-state index >= 15 is 0 Å². The molecule has 2 aromatic rings. The lowest BCUT2D eigenvalue weighted by molar-refractivity contribution is -0.133. The molecule has 1 N–H and O–H groups in total. The highest BCUT2D eigenvalue weighted by atomic mass is 16.5. The Hall–Kier alpha value is -2.33. The molecule has 23 heavy (non-hydrogen) atoms. The van der Waals surface area contributed by atoms with Crippen molar-refractivity contribution in [3.8, 4) is 16.9 Å². The van der Waals surface area contributed by atoms with Crippen molar-refractivity contribution in [3.05, 3.63) is 54.1 Å². The number of piperazine rings is 1. The summed E-state index contributed by atoms with van der Waals surface area (Å²) in [6, 6.07) is 16.3. The topological polar surface area (TPSA) is 41.6 Å². The first kappa shape index (κ1) is 15.6. The molecular formula is C19H22N2O2. The van der Waals surface area contributed by atoms with Crippen LogP contribution in [-0.4, -0.2) is 43.6 Å². The van der Waals surface area contributed by atoms with Crippen LogP contribution in [0, 0.1) is 6.92 Å². The molecule has 120 valence electrons. The van der Waals surface area contributed by atoms with Gasteiger partial charge in [0.05, 0.1) is 0 Å². The van der Waals surface area contributed by atoms with Crippen molar-refractivity contribution < 1.29 is 9.53 Å². The molecule has 2 aromatic carbocycles. The Morgan fingerprint density at radius 1 is 1.00 bits per heavy atom. The molecule has 0 aliphatic carbocycles. The summed E-state index contributed by atoms with van der Waals surface area (Å²) >= 11 is 0. The minimum atomic E-state index is 0.0501. The first-order valence-electron chi connectivity index (χ1n) is 8.01. The van der Waals surface area contributed by atoms with Gasteiger partial charge in [-0.3, -0.25) is 4.79 Å². The molecular weight excluding hydrogens is 288 g/mol. The number of rotatable bonds is 4. The van der Waals surface area contributed by atoms with Gasteiger partial charge in [0.1, 0.15) is 5.75 Å². The minimum absolute atomic E-state index is 0.0501. The lowest BCUT2D eigenvalue weighted by Gasteiger charge is -2.27. The van der Waals surface area contributed by atoms with Crippen LogP contribution in [0.5, 0.6) is 5.75 Å². The third-order valence-electron chi connectivity index (χ3n) is 4.07. The maximum atomic E-state index is 12.1. The monoisotopic (exact) mass is 310 g/mol. The predicted octanol–water partition coefficient (Wildman–Crippen LogP) is 2.47. The number of carbonyl (C=O) groups excluding carboxylic acids is 1. The zero-order chi connectivity index (χ0) is 16.1. The zero-order valence-corrected chi connectivity index (χ0v) is 13.4. The van der Waals surface area contributed by atoms with E-state index in [2.05, 4.69) is 36.5 Å². The van der Waals surface area contributed by atoms with Crippen molar-refractivity contribution in [3.63, 3.8) is 0 Å². The van der Waals surface area contributed by atoms with Crippen LogP contribution >= 0.6 is 0 Å². The largest absolute Gasteiger partial charge is 0.484 e. The molecule has 1 fully saturated rings. The van der Waals surface area contributed by atoms with Crippen molar-refractivity contribution in [2.45, 2.75) is 6.92 Å². The quantitative estimate of drug-likeness (QED) is 0.943. The molecule has 4 nitrogen and oxygen atoms in total. The average Bonchev–Trinajstić information content (AvgIpc) is 2.61. The fourth-order valence-corrected chi connectivity index (χ4v) is 2.64. The van der Waals surface area contributed by atoms with E-state index in [9.17, 15) is 4.79 Å². The average molecular weight is 310 g/mol. The van der Waals surface area contributed by atoms with E-state index in [0.717, 1.165) is 37.5 Å². The van der Waals surface area contributed by atoms with E-state index in [0.29, 0.717) is 0 Å². The SMILES string of the molecule is Cc1ccc(-c2ccc(OCC(=O)N3CCNCC3)cc2)cc1. The maximum absolute atomic E-state index is 12.1. The van der Waals surface area contributed by atoms with Crippen LogP contribution < -0.4 is 10.1 Å². The summed E-state index contributed by atoms with van der Waals surface area (Å²) < 4.78 is 5.62. The number of nitrogens with zero attached hydrogens (tertiary/aromatic N) is 1. The maximum Gasteiger partial charge on any atom is 0.260 e. The number of benzene rings is 2. The number of ether oxygens (including phenoxy) is 1. The highest BCUT2D eigenvalue weighted by molar-refractivity contribution is 5.78. The molecule has 1 heterocycles. The summed E-state index contributed by atoms with van der Waals surface area (Å²) in [5, 5.41) is 3.23. The molecule has 0 radical (unpaired) electrons. The van der Waals surface area contributed by atoms with Crippen LogP contribution in [0.3, 0.4) is 0 Å². The Balaban J connectivity index is 1.57. The number of carbonyl (C=O) groups is 1. The van der Waals surface area contributed by atoms with Crippen molar-refractivity contribution >= 4 is 5.91 Å². The van der Waals surface area contributed by atoms with Crippen LogP contribution in [0.1, 0.15) is 5.56 Å². The third-order valence-corrected chi connectivity index (χ3v) is 4.07. The van der Waals surface area contributed by atoms with Gasteiger partial charge >= 0.3 is 0 Å². The van der Waals surface area contributed by atoms with Crippen molar-refractivity contribution in [1.29, 1.82) is 0 Å². The summed E-state index contributed by atoms with van der Waals surface area (Å²) in [6.45, 7) is 5.41. The van der Waals surface area contributed by atoms with Gasteiger partial charge < -0.3 is 15.0 Å². The molecule has 1 saturated heterocycles. The van der Waals surface area contributed by atoms with Crippen LogP contribution in [0.2, 0.25) is 0 Å². The molecule has 1 aliphatic heterocycles. The summed E-state index contributed by atoms with van der Waals surface area (Å²) in [7, 11) is 0. The zero-order valence-electron chi connectivity index (χ0n) is 13.4. The van der Waals surface area contributed by atoms with E-state index < -0.39 is 0 Å². The molecule has 0 atom stereocenters. The number of hydrogen-bond acceptors (Lipinski definition) is 3. The highest BCUT2D eigenvalue weighted by Gasteiger charge is 2.16. The molecule has 0 aromatic heterocycles. The second-order valence-electron chi connectivity index (χ2n) is 5.81. The molecule has 0 saturated carbocycles. The smallest absolute Gasteiger partial charge is 0.260 e. The Morgan fingerprint density at radius 3 is 2.17 bits per heavy atom. The Morgan fingerprint density at radius 2 is 1.57 bits per heavy atom. The summed E-state index contributed by atoms with van der Waals surface area (Å²) in [6.07, 6.45) is 0. The third kappa shape index (κ3) is 4.11. The number of amides is 1. The van der Waals surface area contributed by atoms with E-state index in [4.69, 9.17) is 4.74 Å². The minimum Gasteiger partial charge on any atom is -0.484 e. The molecule has 1 aliphatic rings. The highest BCUT2D eigenvalue weighted by Crippen LogP contribution is 2.22. The van der Waals surface area contributed by atoms with Crippen molar-refractivity contribution in [2.75, 3.05) is 32.8 Å². The molecule has 0 spiro atoms. The van der Waals surface area contributed by atoms with Gasteiger partial charge in [0.2, 0.25) is 0 Å². The lowest BCUT2D eigenvalue weighted by atomic mass is 10.0. The molecule has 0 unspecified atom stereocenters. The van der Waals surface area contributed by atoms with Crippen molar-refractivity contribution in [1.82, 2.24) is 10.2 Å². The van der Waals surface area contributed by atoms with E-state index in [1.54, 1.807) is 0 Å². The van der Waals surface area contributed by atoms with Crippen molar-refractivity contribution in [2.24, 2.45) is 0 Å². The Labute approximate surface area is 137 Å². The second-order valence-corrected chi connectivity index (χ2v) is 5.81. The van der Waals surface area contributed by atoms with Crippen LogP contribution in [0.4, 0.5) is 0 Å². The van der Waals surface area contributed by atoms with E-state index in [1.165, 1.54) is 11.1 Å². The summed E-state index contributed by atoms with van der Waals surface area (Å²) in [5.74, 6) is 0.776. The van der Waals surface area contributed by atoms with Gasteiger partial charge in [-0.05, 0) is 30.2 Å². The number of aryl methyl sites for hydroxylation is 1. The van der Waals surface area contributed by atoms with Gasteiger partial charge in [0, 0.05) is 26.2 Å². The van der Waals surface area contributed by atoms with Gasteiger partial charge in [0.15, 0.2) is 6.61 Å². The van der Waals surface area contributed by atoms with Gasteiger partial charge in [0.25, 0.3) is 5.91 Å². The number of hydrogen-bond donors (Lipinski definition) is 1. The molecule has 3 rings (SSSR count). The van der Waals surface area contributed by atoms with Gasteiger partial charge in [-0.1, -0.05) is 42.0 Å². The Kier molecular flexibility index (Phi) is 4.93. The van der Waals surface area contributed by atoms with E-state index in [-0.39, 0.29) is 12.5 Å². The second kappa shape index (κ2) is 7.29. The standard InChI is InChI=1S/C19H22N2O2/c1-15-2-4-16(5-3-15)17-6-8-18(9-7-17)23-14-19(22)21-12-10-20-11-13-21/h2-9,20H,10-14H2,1H3. The van der Waals surface area contributed by atoms with Crippen LogP contribution in [-0.2, 0) is 4.79 Å². The van der Waals surface area contributed by atoms with Gasteiger partial charge in [-0.2, -0.15) is 0 Å². The fraction of sp³-hybridized carbons (Fsp3) is 0.316. The van der Waals surface area contributed by atoms with Crippen LogP contribution in [0.25, 0.3) is 11.1 Å². The fourth-order valence-electron chi connectivity index (χ4n) is 2.64. The van der Waals surface area contributed by atoms with E-state index in [1.807, 2.05) is 29.2 Å². The van der Waals surface area contributed by atoms with Gasteiger partial charge in [-0.15, -0.1) is 0 Å². The Bertz CT molecular complexity index is 644. The molecule has 4 heteroatoms. The number of nitrogens with one attached hydrogen (secondary N) is 1.